The maximum Gasteiger partial charge on any atom is 0.0434 e. The third-order valence-electron chi connectivity index (χ3n) is 3.31. The summed E-state index contributed by atoms with van der Waals surface area (Å²) in [6.07, 6.45) is 6.40. The highest BCUT2D eigenvalue weighted by atomic mass is 16.3. The second kappa shape index (κ2) is 6.41. The molecule has 84 valence electrons. The Morgan fingerprint density at radius 1 is 1.43 bits per heavy atom. The van der Waals surface area contributed by atoms with Gasteiger partial charge in [0, 0.05) is 12.6 Å². The first-order chi connectivity index (χ1) is 6.72. The summed E-state index contributed by atoms with van der Waals surface area (Å²) >= 11 is 0. The van der Waals surface area contributed by atoms with E-state index in [-0.39, 0.29) is 0 Å². The minimum Gasteiger partial charge on any atom is -0.396 e. The molecule has 0 aliphatic heterocycles. The lowest BCUT2D eigenvalue weighted by Gasteiger charge is -2.28. The van der Waals surface area contributed by atoms with Gasteiger partial charge in [-0.25, -0.2) is 0 Å². The topological polar surface area (TPSA) is 32.3 Å². The minimum absolute atomic E-state index is 0.323. The van der Waals surface area contributed by atoms with Gasteiger partial charge in [0.2, 0.25) is 0 Å². The zero-order valence-electron chi connectivity index (χ0n) is 9.63. The Bertz CT molecular complexity index is 149. The van der Waals surface area contributed by atoms with E-state index in [0.29, 0.717) is 12.5 Å². The summed E-state index contributed by atoms with van der Waals surface area (Å²) in [5.74, 6) is 1.51. The van der Waals surface area contributed by atoms with Crippen molar-refractivity contribution < 1.29 is 5.11 Å². The van der Waals surface area contributed by atoms with Crippen LogP contribution in [0.3, 0.4) is 0 Å². The minimum atomic E-state index is 0.323. The molecule has 1 aliphatic rings. The van der Waals surface area contributed by atoms with E-state index in [9.17, 15) is 0 Å². The molecule has 0 saturated heterocycles. The molecule has 0 aromatic heterocycles. The standard InChI is InChI=1S/C12H25NO/c1-10-4-3-5-12(8-10)13-9-11(2)6-7-14/h10-14H,3-9H2,1-2H3. The highest BCUT2D eigenvalue weighted by Crippen LogP contribution is 2.23. The van der Waals surface area contributed by atoms with Gasteiger partial charge in [-0.3, -0.25) is 0 Å². The van der Waals surface area contributed by atoms with Crippen LogP contribution in [0.2, 0.25) is 0 Å². The van der Waals surface area contributed by atoms with Crippen molar-refractivity contribution in [1.29, 1.82) is 0 Å². The van der Waals surface area contributed by atoms with Crippen LogP contribution in [0.25, 0.3) is 0 Å². The molecule has 1 rings (SSSR count). The van der Waals surface area contributed by atoms with Gasteiger partial charge in [0.1, 0.15) is 0 Å². The van der Waals surface area contributed by atoms with Crippen molar-refractivity contribution in [2.75, 3.05) is 13.2 Å². The molecule has 2 nitrogen and oxygen atoms in total. The van der Waals surface area contributed by atoms with Crippen LogP contribution in [-0.4, -0.2) is 24.3 Å². The van der Waals surface area contributed by atoms with Gasteiger partial charge in [-0.05, 0) is 37.6 Å². The van der Waals surface area contributed by atoms with E-state index in [2.05, 4.69) is 19.2 Å². The van der Waals surface area contributed by atoms with Crippen molar-refractivity contribution in [3.8, 4) is 0 Å². The molecule has 3 unspecified atom stereocenters. The Balaban J connectivity index is 2.10. The van der Waals surface area contributed by atoms with Crippen molar-refractivity contribution in [1.82, 2.24) is 5.32 Å². The Morgan fingerprint density at radius 3 is 2.86 bits per heavy atom. The van der Waals surface area contributed by atoms with Gasteiger partial charge >= 0.3 is 0 Å². The van der Waals surface area contributed by atoms with Gasteiger partial charge in [-0.1, -0.05) is 26.7 Å². The Hall–Kier alpha value is -0.0800. The molecule has 0 aromatic carbocycles. The maximum absolute atomic E-state index is 8.79. The van der Waals surface area contributed by atoms with Crippen LogP contribution in [0.15, 0.2) is 0 Å². The average molecular weight is 199 g/mol. The monoisotopic (exact) mass is 199 g/mol. The Labute approximate surface area is 88.1 Å². The molecule has 1 fully saturated rings. The average Bonchev–Trinajstić information content (AvgIpc) is 2.15. The lowest BCUT2D eigenvalue weighted by Crippen LogP contribution is -2.36. The van der Waals surface area contributed by atoms with E-state index in [1.165, 1.54) is 25.7 Å². The van der Waals surface area contributed by atoms with Crippen molar-refractivity contribution in [3.63, 3.8) is 0 Å². The van der Waals surface area contributed by atoms with E-state index in [1.807, 2.05) is 0 Å². The molecule has 2 heteroatoms. The maximum atomic E-state index is 8.79. The number of hydrogen-bond donors (Lipinski definition) is 2. The van der Waals surface area contributed by atoms with Crippen LogP contribution in [0.1, 0.15) is 46.0 Å². The largest absolute Gasteiger partial charge is 0.396 e. The van der Waals surface area contributed by atoms with Crippen LogP contribution in [-0.2, 0) is 0 Å². The fraction of sp³-hybridized carbons (Fsp3) is 1.00. The first-order valence-electron chi connectivity index (χ1n) is 6.06. The van der Waals surface area contributed by atoms with Gasteiger partial charge in [-0.15, -0.1) is 0 Å². The molecule has 0 spiro atoms. The summed E-state index contributed by atoms with van der Waals surface area (Å²) in [5, 5.41) is 12.4. The van der Waals surface area contributed by atoms with Crippen LogP contribution in [0.5, 0.6) is 0 Å². The zero-order chi connectivity index (χ0) is 10.4. The molecule has 14 heavy (non-hydrogen) atoms. The predicted molar refractivity (Wildman–Crippen MR) is 60.3 cm³/mol. The van der Waals surface area contributed by atoms with Gasteiger partial charge in [0.25, 0.3) is 0 Å². The molecule has 0 amide bonds. The van der Waals surface area contributed by atoms with Crippen LogP contribution >= 0.6 is 0 Å². The zero-order valence-corrected chi connectivity index (χ0v) is 9.63. The van der Waals surface area contributed by atoms with Crippen molar-refractivity contribution in [2.45, 2.75) is 52.0 Å². The lowest BCUT2D eigenvalue weighted by molar-refractivity contribution is 0.246. The second-order valence-corrected chi connectivity index (χ2v) is 4.99. The summed E-state index contributed by atoms with van der Waals surface area (Å²) in [5.41, 5.74) is 0. The smallest absolute Gasteiger partial charge is 0.0434 e. The summed E-state index contributed by atoms with van der Waals surface area (Å²) < 4.78 is 0. The van der Waals surface area contributed by atoms with Gasteiger partial charge in [0.15, 0.2) is 0 Å². The number of aliphatic hydroxyl groups is 1. The summed E-state index contributed by atoms with van der Waals surface area (Å²) in [6, 6.07) is 0.736. The van der Waals surface area contributed by atoms with Crippen molar-refractivity contribution >= 4 is 0 Å². The van der Waals surface area contributed by atoms with Crippen LogP contribution in [0, 0.1) is 11.8 Å². The lowest BCUT2D eigenvalue weighted by atomic mass is 9.87. The fourth-order valence-electron chi connectivity index (χ4n) is 2.31. The van der Waals surface area contributed by atoms with E-state index in [4.69, 9.17) is 5.11 Å². The third kappa shape index (κ3) is 4.43. The molecule has 2 N–H and O–H groups in total. The summed E-state index contributed by atoms with van der Waals surface area (Å²) in [4.78, 5) is 0. The van der Waals surface area contributed by atoms with E-state index in [0.717, 1.165) is 24.9 Å². The number of hydrogen-bond acceptors (Lipinski definition) is 2. The molecular weight excluding hydrogens is 174 g/mol. The quantitative estimate of drug-likeness (QED) is 0.711. The molecule has 0 aromatic rings. The van der Waals surface area contributed by atoms with E-state index in [1.54, 1.807) is 0 Å². The van der Waals surface area contributed by atoms with Crippen molar-refractivity contribution in [2.24, 2.45) is 11.8 Å². The second-order valence-electron chi connectivity index (χ2n) is 4.99. The molecular formula is C12H25NO. The fourth-order valence-corrected chi connectivity index (χ4v) is 2.31. The first-order valence-corrected chi connectivity index (χ1v) is 6.06. The molecule has 0 radical (unpaired) electrons. The predicted octanol–water partition coefficient (Wildman–Crippen LogP) is 2.17. The summed E-state index contributed by atoms with van der Waals surface area (Å²) in [7, 11) is 0. The van der Waals surface area contributed by atoms with Gasteiger partial charge < -0.3 is 10.4 Å². The van der Waals surface area contributed by atoms with E-state index < -0.39 is 0 Å². The molecule has 3 atom stereocenters. The SMILES string of the molecule is CC(CCO)CNC1CCCC(C)C1. The van der Waals surface area contributed by atoms with Gasteiger partial charge in [-0.2, -0.15) is 0 Å². The van der Waals surface area contributed by atoms with Gasteiger partial charge in [0.05, 0.1) is 0 Å². The normalized spacial score (nSPS) is 30.2. The van der Waals surface area contributed by atoms with Crippen LogP contribution < -0.4 is 5.32 Å². The summed E-state index contributed by atoms with van der Waals surface area (Å²) in [6.45, 7) is 5.95. The highest BCUT2D eigenvalue weighted by molar-refractivity contribution is 4.76. The highest BCUT2D eigenvalue weighted by Gasteiger charge is 2.18. The molecule has 1 saturated carbocycles. The third-order valence-corrected chi connectivity index (χ3v) is 3.31. The number of nitrogens with one attached hydrogen (secondary N) is 1. The van der Waals surface area contributed by atoms with E-state index >= 15 is 0 Å². The first kappa shape index (κ1) is 12.0. The number of aliphatic hydroxyl groups excluding tert-OH is 1. The number of rotatable bonds is 5. The van der Waals surface area contributed by atoms with Crippen LogP contribution in [0.4, 0.5) is 0 Å². The molecule has 0 heterocycles. The van der Waals surface area contributed by atoms with Crippen molar-refractivity contribution in [3.05, 3.63) is 0 Å². The molecule has 1 aliphatic carbocycles. The Kier molecular flexibility index (Phi) is 5.49. The Morgan fingerprint density at radius 2 is 2.21 bits per heavy atom. The molecule has 0 bridgehead atoms.